The Hall–Kier alpha value is -2.27. The zero-order valence-electron chi connectivity index (χ0n) is 10.9. The van der Waals surface area contributed by atoms with Crippen LogP contribution in [0.3, 0.4) is 0 Å². The first-order chi connectivity index (χ1) is 9.60. The molecule has 2 aromatic rings. The number of anilines is 2. The van der Waals surface area contributed by atoms with Crippen LogP contribution < -0.4 is 15.8 Å². The number of benzene rings is 1. The number of nitrogens with one attached hydrogen (secondary N) is 1. The van der Waals surface area contributed by atoms with Gasteiger partial charge in [0.2, 0.25) is 0 Å². The minimum absolute atomic E-state index is 0.231. The van der Waals surface area contributed by atoms with Crippen molar-refractivity contribution in [3.05, 3.63) is 47.2 Å². The summed E-state index contributed by atoms with van der Waals surface area (Å²) in [6.07, 6.45) is 1.55. The highest BCUT2D eigenvalue weighted by atomic mass is 35.5. The van der Waals surface area contributed by atoms with Gasteiger partial charge < -0.3 is 15.8 Å². The molecule has 6 heteroatoms. The number of hydrogen-bond donors (Lipinski definition) is 2. The van der Waals surface area contributed by atoms with Gasteiger partial charge in [-0.05, 0) is 31.2 Å². The van der Waals surface area contributed by atoms with Gasteiger partial charge in [-0.2, -0.15) is 0 Å². The average molecular weight is 292 g/mol. The highest BCUT2D eigenvalue weighted by molar-refractivity contribution is 6.32. The Labute approximate surface area is 121 Å². The van der Waals surface area contributed by atoms with E-state index in [2.05, 4.69) is 10.3 Å². The molecule has 0 spiro atoms. The number of nitrogens with two attached hydrogens (primary N) is 1. The number of hydrogen-bond acceptors (Lipinski definition) is 4. The molecule has 0 radical (unpaired) electrons. The monoisotopic (exact) mass is 291 g/mol. The predicted molar refractivity (Wildman–Crippen MR) is 79.2 cm³/mol. The van der Waals surface area contributed by atoms with Gasteiger partial charge in [0.25, 0.3) is 5.91 Å². The lowest BCUT2D eigenvalue weighted by Crippen LogP contribution is -2.13. The summed E-state index contributed by atoms with van der Waals surface area (Å²) in [5.74, 6) is 0.225. The van der Waals surface area contributed by atoms with Crippen LogP contribution in [0.2, 0.25) is 5.15 Å². The smallest absolute Gasteiger partial charge is 0.255 e. The van der Waals surface area contributed by atoms with Gasteiger partial charge in [0.15, 0.2) is 5.15 Å². The van der Waals surface area contributed by atoms with Crippen molar-refractivity contribution >= 4 is 28.9 Å². The van der Waals surface area contributed by atoms with E-state index in [-0.39, 0.29) is 11.1 Å². The second-order valence-electron chi connectivity index (χ2n) is 4.02. The molecule has 104 valence electrons. The van der Waals surface area contributed by atoms with E-state index < -0.39 is 0 Å². The van der Waals surface area contributed by atoms with Crippen molar-refractivity contribution in [1.29, 1.82) is 0 Å². The summed E-state index contributed by atoms with van der Waals surface area (Å²) in [5, 5.41) is 2.91. The molecule has 0 aliphatic heterocycles. The maximum atomic E-state index is 12.2. The molecule has 1 amide bonds. The van der Waals surface area contributed by atoms with Crippen molar-refractivity contribution in [3.8, 4) is 5.75 Å². The Morgan fingerprint density at radius 2 is 2.25 bits per heavy atom. The molecular weight excluding hydrogens is 278 g/mol. The van der Waals surface area contributed by atoms with E-state index in [1.807, 2.05) is 6.92 Å². The van der Waals surface area contributed by atoms with E-state index in [0.29, 0.717) is 29.3 Å². The normalized spacial score (nSPS) is 10.1. The lowest BCUT2D eigenvalue weighted by molar-refractivity contribution is 0.102. The summed E-state index contributed by atoms with van der Waals surface area (Å²) >= 11 is 5.89. The van der Waals surface area contributed by atoms with E-state index >= 15 is 0 Å². The van der Waals surface area contributed by atoms with Crippen molar-refractivity contribution < 1.29 is 9.53 Å². The summed E-state index contributed by atoms with van der Waals surface area (Å²) in [5.41, 5.74) is 7.05. The van der Waals surface area contributed by atoms with Crippen molar-refractivity contribution in [2.45, 2.75) is 6.92 Å². The number of aromatic nitrogens is 1. The molecule has 0 fully saturated rings. The third kappa shape index (κ3) is 3.39. The maximum Gasteiger partial charge on any atom is 0.255 e. The number of rotatable bonds is 4. The first kappa shape index (κ1) is 14.1. The van der Waals surface area contributed by atoms with Crippen LogP contribution in [0.5, 0.6) is 5.75 Å². The van der Waals surface area contributed by atoms with Gasteiger partial charge in [-0.1, -0.05) is 11.6 Å². The number of halogens is 1. The third-order valence-corrected chi connectivity index (χ3v) is 2.81. The summed E-state index contributed by atoms with van der Waals surface area (Å²) in [6.45, 7) is 2.36. The number of pyridine rings is 1. The summed E-state index contributed by atoms with van der Waals surface area (Å²) < 4.78 is 5.35. The van der Waals surface area contributed by atoms with Gasteiger partial charge >= 0.3 is 0 Å². The topological polar surface area (TPSA) is 77.2 Å². The Morgan fingerprint density at radius 1 is 1.45 bits per heavy atom. The lowest BCUT2D eigenvalue weighted by Gasteiger charge is -2.09. The number of ether oxygens (including phenoxy) is 1. The van der Waals surface area contributed by atoms with Crippen molar-refractivity contribution in [2.75, 3.05) is 17.7 Å². The molecule has 0 bridgehead atoms. The van der Waals surface area contributed by atoms with Crippen LogP contribution >= 0.6 is 11.6 Å². The molecule has 0 aliphatic carbocycles. The van der Waals surface area contributed by atoms with Gasteiger partial charge in [-0.25, -0.2) is 4.98 Å². The first-order valence-corrected chi connectivity index (χ1v) is 6.43. The van der Waals surface area contributed by atoms with Crippen LogP contribution in [0.1, 0.15) is 17.3 Å². The fraction of sp³-hybridized carbons (Fsp3) is 0.143. The van der Waals surface area contributed by atoms with Gasteiger partial charge in [0.05, 0.1) is 12.3 Å². The standard InChI is InChI=1S/C14H14ClN3O2/c1-2-20-11-7-9(6-10(16)8-11)14(19)18-12-4-3-5-17-13(12)15/h3-8H,2,16H2,1H3,(H,18,19). The Bertz CT molecular complexity index is 632. The minimum Gasteiger partial charge on any atom is -0.494 e. The second kappa shape index (κ2) is 6.25. The molecule has 5 nitrogen and oxygen atoms in total. The van der Waals surface area contributed by atoms with Gasteiger partial charge in [-0.3, -0.25) is 4.79 Å². The molecule has 0 saturated heterocycles. The van der Waals surface area contributed by atoms with E-state index in [4.69, 9.17) is 22.1 Å². The van der Waals surface area contributed by atoms with E-state index in [9.17, 15) is 4.79 Å². The van der Waals surface area contributed by atoms with Gasteiger partial charge in [0.1, 0.15) is 5.75 Å². The molecule has 0 atom stereocenters. The van der Waals surface area contributed by atoms with E-state index in [1.54, 1.807) is 36.5 Å². The second-order valence-corrected chi connectivity index (χ2v) is 4.38. The van der Waals surface area contributed by atoms with Gasteiger partial charge in [0, 0.05) is 23.5 Å². The quantitative estimate of drug-likeness (QED) is 0.670. The molecule has 1 aromatic heterocycles. The number of amides is 1. The van der Waals surface area contributed by atoms with Crippen LogP contribution in [0, 0.1) is 0 Å². The Kier molecular flexibility index (Phi) is 4.42. The SMILES string of the molecule is CCOc1cc(N)cc(C(=O)Nc2cccnc2Cl)c1. The van der Waals surface area contributed by atoms with Crippen molar-refractivity contribution in [1.82, 2.24) is 4.98 Å². The highest BCUT2D eigenvalue weighted by Crippen LogP contribution is 2.22. The van der Waals surface area contributed by atoms with E-state index in [0.717, 1.165) is 0 Å². The van der Waals surface area contributed by atoms with Crippen LogP contribution in [0.15, 0.2) is 36.5 Å². The summed E-state index contributed by atoms with van der Waals surface area (Å²) in [4.78, 5) is 16.1. The molecule has 3 N–H and O–H groups in total. The van der Waals surface area contributed by atoms with Crippen molar-refractivity contribution in [3.63, 3.8) is 0 Å². The number of carbonyl (C=O) groups is 1. The number of nitrogens with zero attached hydrogens (tertiary/aromatic N) is 1. The zero-order valence-corrected chi connectivity index (χ0v) is 11.6. The molecule has 0 aliphatic rings. The van der Waals surface area contributed by atoms with Crippen LogP contribution in [0.4, 0.5) is 11.4 Å². The Balaban J connectivity index is 2.23. The van der Waals surface area contributed by atoms with E-state index in [1.165, 1.54) is 0 Å². The predicted octanol–water partition coefficient (Wildman–Crippen LogP) is 2.97. The third-order valence-electron chi connectivity index (χ3n) is 2.51. The molecule has 0 unspecified atom stereocenters. The fourth-order valence-corrected chi connectivity index (χ4v) is 1.84. The molecular formula is C14H14ClN3O2. The number of carbonyl (C=O) groups excluding carboxylic acids is 1. The average Bonchev–Trinajstić information content (AvgIpc) is 2.41. The van der Waals surface area contributed by atoms with Crippen molar-refractivity contribution in [2.24, 2.45) is 0 Å². The van der Waals surface area contributed by atoms with Gasteiger partial charge in [-0.15, -0.1) is 0 Å². The zero-order chi connectivity index (χ0) is 14.5. The molecule has 2 rings (SSSR count). The molecule has 20 heavy (non-hydrogen) atoms. The molecule has 1 heterocycles. The maximum absolute atomic E-state index is 12.2. The number of nitrogen functional groups attached to an aromatic ring is 1. The fourth-order valence-electron chi connectivity index (χ4n) is 1.68. The minimum atomic E-state index is -0.326. The lowest BCUT2D eigenvalue weighted by atomic mass is 10.1. The summed E-state index contributed by atoms with van der Waals surface area (Å²) in [6, 6.07) is 8.22. The molecule has 1 aromatic carbocycles. The highest BCUT2D eigenvalue weighted by Gasteiger charge is 2.11. The van der Waals surface area contributed by atoms with Crippen LogP contribution in [-0.2, 0) is 0 Å². The van der Waals surface area contributed by atoms with Crippen LogP contribution in [0.25, 0.3) is 0 Å². The molecule has 0 saturated carbocycles. The largest absolute Gasteiger partial charge is 0.494 e. The summed E-state index contributed by atoms with van der Waals surface area (Å²) in [7, 11) is 0. The Morgan fingerprint density at radius 3 is 2.95 bits per heavy atom. The first-order valence-electron chi connectivity index (χ1n) is 6.05. The van der Waals surface area contributed by atoms with Crippen LogP contribution in [-0.4, -0.2) is 17.5 Å².